The van der Waals surface area contributed by atoms with Crippen LogP contribution in [0.1, 0.15) is 12.0 Å². The molecular formula is C19H23N5. The van der Waals surface area contributed by atoms with Crippen molar-refractivity contribution >= 4 is 17.0 Å². The number of hydrogen-bond acceptors (Lipinski definition) is 4. The maximum absolute atomic E-state index is 4.74. The molecule has 1 aliphatic rings. The largest absolute Gasteiger partial charge is 0.341 e. The maximum Gasteiger partial charge on any atom is 0.203 e. The molecule has 1 fully saturated rings. The summed E-state index contributed by atoms with van der Waals surface area (Å²) in [5.41, 5.74) is 3.53. The van der Waals surface area contributed by atoms with Crippen molar-refractivity contribution in [1.29, 1.82) is 0 Å². The fourth-order valence-electron chi connectivity index (χ4n) is 3.33. The van der Waals surface area contributed by atoms with Gasteiger partial charge in [-0.2, -0.15) is 0 Å². The molecule has 0 unspecified atom stereocenters. The molecule has 3 heterocycles. The zero-order valence-electron chi connectivity index (χ0n) is 13.9. The lowest BCUT2D eigenvalue weighted by atomic mass is 10.2. The molecule has 0 saturated carbocycles. The van der Waals surface area contributed by atoms with Crippen molar-refractivity contribution in [2.45, 2.75) is 12.8 Å². The van der Waals surface area contributed by atoms with Crippen LogP contribution in [0, 0.1) is 0 Å². The molecule has 1 aliphatic heterocycles. The second-order valence-corrected chi connectivity index (χ2v) is 6.37. The van der Waals surface area contributed by atoms with Gasteiger partial charge in [-0.1, -0.05) is 12.1 Å². The van der Waals surface area contributed by atoms with Gasteiger partial charge in [-0.3, -0.25) is 4.98 Å². The van der Waals surface area contributed by atoms with Gasteiger partial charge >= 0.3 is 0 Å². The lowest BCUT2D eigenvalue weighted by Gasteiger charge is -2.21. The van der Waals surface area contributed by atoms with Gasteiger partial charge in [0, 0.05) is 38.6 Å². The number of nitrogens with zero attached hydrogens (tertiary/aromatic N) is 4. The molecule has 0 atom stereocenters. The number of imidazole rings is 1. The van der Waals surface area contributed by atoms with Crippen molar-refractivity contribution in [3.63, 3.8) is 0 Å². The average Bonchev–Trinajstić information content (AvgIpc) is 2.92. The van der Waals surface area contributed by atoms with E-state index in [9.17, 15) is 0 Å². The SMILES string of the molecule is c1ccc2[nH]c(N3CCCN(CCc4ccncc4)CC3)nc2c1. The highest BCUT2D eigenvalue weighted by Crippen LogP contribution is 2.18. The number of nitrogens with one attached hydrogen (secondary N) is 1. The highest BCUT2D eigenvalue weighted by molar-refractivity contribution is 5.77. The molecule has 0 radical (unpaired) electrons. The average molecular weight is 321 g/mol. The molecule has 3 aromatic rings. The van der Waals surface area contributed by atoms with Crippen molar-refractivity contribution in [3.05, 3.63) is 54.4 Å². The fourth-order valence-corrected chi connectivity index (χ4v) is 3.33. The van der Waals surface area contributed by atoms with Gasteiger partial charge in [-0.25, -0.2) is 4.98 Å². The van der Waals surface area contributed by atoms with Crippen molar-refractivity contribution < 1.29 is 0 Å². The first-order chi connectivity index (χ1) is 11.9. The van der Waals surface area contributed by atoms with E-state index in [0.717, 1.165) is 56.1 Å². The van der Waals surface area contributed by atoms with E-state index in [0.29, 0.717) is 0 Å². The van der Waals surface area contributed by atoms with Crippen molar-refractivity contribution in [3.8, 4) is 0 Å². The van der Waals surface area contributed by atoms with Crippen molar-refractivity contribution in [1.82, 2.24) is 19.9 Å². The smallest absolute Gasteiger partial charge is 0.203 e. The third-order valence-corrected chi connectivity index (χ3v) is 4.73. The fraction of sp³-hybridized carbons (Fsp3) is 0.368. The van der Waals surface area contributed by atoms with Gasteiger partial charge < -0.3 is 14.8 Å². The number of fused-ring (bicyclic) bond motifs is 1. The lowest BCUT2D eigenvalue weighted by Crippen LogP contribution is -2.32. The Morgan fingerprint density at radius 1 is 0.958 bits per heavy atom. The van der Waals surface area contributed by atoms with Gasteiger partial charge in [0.2, 0.25) is 5.95 Å². The number of hydrogen-bond donors (Lipinski definition) is 1. The Balaban J connectivity index is 1.37. The quantitative estimate of drug-likeness (QED) is 0.803. The predicted octanol–water partition coefficient (Wildman–Crippen LogP) is 2.71. The van der Waals surface area contributed by atoms with Crippen LogP contribution in [0.15, 0.2) is 48.8 Å². The molecule has 4 rings (SSSR count). The Bertz CT molecular complexity index is 750. The molecule has 1 aromatic carbocycles. The second-order valence-electron chi connectivity index (χ2n) is 6.37. The first-order valence-corrected chi connectivity index (χ1v) is 8.69. The Labute approximate surface area is 142 Å². The molecular weight excluding hydrogens is 298 g/mol. The highest BCUT2D eigenvalue weighted by Gasteiger charge is 2.17. The van der Waals surface area contributed by atoms with Crippen LogP contribution in [-0.4, -0.2) is 52.6 Å². The molecule has 0 aliphatic carbocycles. The van der Waals surface area contributed by atoms with Crippen LogP contribution < -0.4 is 4.90 Å². The molecule has 0 amide bonds. The minimum atomic E-state index is 1.01. The van der Waals surface area contributed by atoms with Gasteiger partial charge in [-0.15, -0.1) is 0 Å². The summed E-state index contributed by atoms with van der Waals surface area (Å²) in [5.74, 6) is 1.01. The summed E-state index contributed by atoms with van der Waals surface area (Å²) >= 11 is 0. The first kappa shape index (κ1) is 15.1. The van der Waals surface area contributed by atoms with E-state index in [1.165, 1.54) is 12.0 Å². The number of para-hydroxylation sites is 2. The maximum atomic E-state index is 4.74. The number of aromatic amines is 1. The van der Waals surface area contributed by atoms with Crippen LogP contribution in [0.5, 0.6) is 0 Å². The second kappa shape index (κ2) is 7.01. The molecule has 2 aromatic heterocycles. The van der Waals surface area contributed by atoms with E-state index in [4.69, 9.17) is 4.98 Å². The molecule has 0 bridgehead atoms. The summed E-state index contributed by atoms with van der Waals surface area (Å²) in [4.78, 5) is 17.2. The summed E-state index contributed by atoms with van der Waals surface area (Å²) in [6.45, 7) is 5.43. The number of pyridine rings is 1. The van der Waals surface area contributed by atoms with Gasteiger partial charge in [0.1, 0.15) is 0 Å². The van der Waals surface area contributed by atoms with E-state index in [1.807, 2.05) is 24.5 Å². The molecule has 124 valence electrons. The zero-order valence-corrected chi connectivity index (χ0v) is 13.9. The molecule has 1 N–H and O–H groups in total. The summed E-state index contributed by atoms with van der Waals surface area (Å²) in [6.07, 6.45) is 6.02. The Morgan fingerprint density at radius 2 is 1.83 bits per heavy atom. The van der Waals surface area contributed by atoms with Crippen LogP contribution >= 0.6 is 0 Å². The van der Waals surface area contributed by atoms with E-state index >= 15 is 0 Å². The van der Waals surface area contributed by atoms with Gasteiger partial charge in [-0.05, 0) is 49.2 Å². The van der Waals surface area contributed by atoms with Crippen molar-refractivity contribution in [2.24, 2.45) is 0 Å². The van der Waals surface area contributed by atoms with Crippen LogP contribution in [0.3, 0.4) is 0 Å². The predicted molar refractivity (Wildman–Crippen MR) is 97.3 cm³/mol. The van der Waals surface area contributed by atoms with Crippen molar-refractivity contribution in [2.75, 3.05) is 37.6 Å². The lowest BCUT2D eigenvalue weighted by molar-refractivity contribution is 0.297. The van der Waals surface area contributed by atoms with E-state index < -0.39 is 0 Å². The summed E-state index contributed by atoms with van der Waals surface area (Å²) in [5, 5.41) is 0. The van der Waals surface area contributed by atoms with E-state index in [1.54, 1.807) is 0 Å². The minimum absolute atomic E-state index is 1.01. The number of anilines is 1. The van der Waals surface area contributed by atoms with Crippen LogP contribution in [0.4, 0.5) is 5.95 Å². The number of H-pyrrole nitrogens is 1. The topological polar surface area (TPSA) is 48.1 Å². The Hall–Kier alpha value is -2.40. The Kier molecular flexibility index (Phi) is 4.42. The molecule has 1 saturated heterocycles. The van der Waals surface area contributed by atoms with Crippen LogP contribution in [-0.2, 0) is 6.42 Å². The monoisotopic (exact) mass is 321 g/mol. The van der Waals surface area contributed by atoms with E-state index in [2.05, 4.69) is 44.0 Å². The van der Waals surface area contributed by atoms with Gasteiger partial charge in [0.05, 0.1) is 11.0 Å². The number of benzene rings is 1. The Morgan fingerprint density at radius 3 is 2.71 bits per heavy atom. The standard InChI is InChI=1S/C19H23N5/c1-2-5-18-17(4-1)21-19(22-18)24-12-3-11-23(14-15-24)13-8-16-6-9-20-10-7-16/h1-2,4-7,9-10H,3,8,11-15H2,(H,21,22). The summed E-state index contributed by atoms with van der Waals surface area (Å²) in [7, 11) is 0. The molecule has 5 heteroatoms. The summed E-state index contributed by atoms with van der Waals surface area (Å²) < 4.78 is 0. The van der Waals surface area contributed by atoms with Crippen LogP contribution in [0.25, 0.3) is 11.0 Å². The van der Waals surface area contributed by atoms with E-state index in [-0.39, 0.29) is 0 Å². The zero-order chi connectivity index (χ0) is 16.2. The molecule has 24 heavy (non-hydrogen) atoms. The molecule has 5 nitrogen and oxygen atoms in total. The number of aromatic nitrogens is 3. The summed E-state index contributed by atoms with van der Waals surface area (Å²) in [6, 6.07) is 12.5. The normalized spacial score (nSPS) is 16.4. The molecule has 0 spiro atoms. The third-order valence-electron chi connectivity index (χ3n) is 4.73. The van der Waals surface area contributed by atoms with Gasteiger partial charge in [0.25, 0.3) is 0 Å². The van der Waals surface area contributed by atoms with Gasteiger partial charge in [0.15, 0.2) is 0 Å². The number of rotatable bonds is 4. The highest BCUT2D eigenvalue weighted by atomic mass is 15.3. The minimum Gasteiger partial charge on any atom is -0.341 e. The first-order valence-electron chi connectivity index (χ1n) is 8.69. The third kappa shape index (κ3) is 3.41. The van der Waals surface area contributed by atoms with Crippen LogP contribution in [0.2, 0.25) is 0 Å².